The fraction of sp³-hybridized carbons (Fsp3) is 0.286. The van der Waals surface area contributed by atoms with Gasteiger partial charge in [0.05, 0.1) is 7.11 Å². The molecule has 0 atom stereocenters. The molecule has 0 fully saturated rings. The van der Waals surface area contributed by atoms with Crippen LogP contribution in [0, 0.1) is 0 Å². The summed E-state index contributed by atoms with van der Waals surface area (Å²) in [6.45, 7) is 0.173. The summed E-state index contributed by atoms with van der Waals surface area (Å²) in [5.74, 6) is 0.478. The Bertz CT molecular complexity index is 598. The zero-order chi connectivity index (χ0) is 13.8. The molecule has 0 bridgehead atoms. The Morgan fingerprint density at radius 2 is 2.16 bits per heavy atom. The second-order valence-corrected chi connectivity index (χ2v) is 4.22. The molecule has 19 heavy (non-hydrogen) atoms. The van der Waals surface area contributed by atoms with Gasteiger partial charge >= 0.3 is 5.97 Å². The quantitative estimate of drug-likeness (QED) is 0.850. The molecule has 1 aromatic carbocycles. The largest absolute Gasteiger partial charge is 0.468 e. The fourth-order valence-corrected chi connectivity index (χ4v) is 2.05. The van der Waals surface area contributed by atoms with Crippen LogP contribution < -0.4 is 10.2 Å². The van der Waals surface area contributed by atoms with E-state index in [4.69, 9.17) is 0 Å². The van der Waals surface area contributed by atoms with E-state index in [0.29, 0.717) is 0 Å². The first-order valence-electron chi connectivity index (χ1n) is 6.00. The highest BCUT2D eigenvalue weighted by Gasteiger charge is 2.12. The number of hydrogen-bond donors (Lipinski definition) is 1. The highest BCUT2D eigenvalue weighted by atomic mass is 16.5. The lowest BCUT2D eigenvalue weighted by Crippen LogP contribution is -2.27. The van der Waals surface area contributed by atoms with E-state index in [1.807, 2.05) is 38.4 Å². The van der Waals surface area contributed by atoms with Gasteiger partial charge in [-0.15, -0.1) is 0 Å². The molecule has 0 aliphatic heterocycles. The van der Waals surface area contributed by atoms with Crippen LogP contribution in [0.3, 0.4) is 0 Å². The van der Waals surface area contributed by atoms with Crippen LogP contribution >= 0.6 is 0 Å². The number of carbonyl (C=O) groups is 1. The van der Waals surface area contributed by atoms with Crippen LogP contribution in [0.5, 0.6) is 0 Å². The Labute approximate surface area is 112 Å². The summed E-state index contributed by atoms with van der Waals surface area (Å²) in [6, 6.07) is 7.92. The van der Waals surface area contributed by atoms with Gasteiger partial charge in [-0.1, -0.05) is 12.1 Å². The number of nitrogens with one attached hydrogen (secondary N) is 1. The first kappa shape index (κ1) is 13.1. The van der Waals surface area contributed by atoms with Crippen molar-refractivity contribution in [1.82, 2.24) is 4.98 Å². The molecule has 0 aliphatic carbocycles. The fourth-order valence-electron chi connectivity index (χ4n) is 2.05. The van der Waals surface area contributed by atoms with Crippen molar-refractivity contribution in [3.05, 3.63) is 30.5 Å². The van der Waals surface area contributed by atoms with Crippen LogP contribution in [0.15, 0.2) is 30.5 Å². The lowest BCUT2D eigenvalue weighted by atomic mass is 10.1. The molecule has 5 heteroatoms. The number of methoxy groups -OCH3 is 1. The summed E-state index contributed by atoms with van der Waals surface area (Å²) < 4.78 is 4.68. The van der Waals surface area contributed by atoms with Crippen molar-refractivity contribution in [3.8, 4) is 0 Å². The van der Waals surface area contributed by atoms with E-state index in [1.165, 1.54) is 7.11 Å². The van der Waals surface area contributed by atoms with Gasteiger partial charge in [0, 0.05) is 36.8 Å². The maximum atomic E-state index is 11.4. The molecule has 0 radical (unpaired) electrons. The molecule has 0 amide bonds. The number of rotatable bonds is 4. The molecule has 0 spiro atoms. The first-order chi connectivity index (χ1) is 9.17. The maximum absolute atomic E-state index is 11.4. The van der Waals surface area contributed by atoms with Gasteiger partial charge < -0.3 is 15.0 Å². The number of fused-ring (bicyclic) bond motifs is 1. The van der Waals surface area contributed by atoms with Crippen molar-refractivity contribution < 1.29 is 9.53 Å². The number of carbonyl (C=O) groups excluding carboxylic acids is 1. The number of pyridine rings is 1. The molecule has 2 rings (SSSR count). The van der Waals surface area contributed by atoms with Gasteiger partial charge in [-0.25, -0.2) is 4.98 Å². The third kappa shape index (κ3) is 2.59. The number of benzene rings is 1. The van der Waals surface area contributed by atoms with Crippen LogP contribution in [0.2, 0.25) is 0 Å². The second-order valence-electron chi connectivity index (χ2n) is 4.22. The van der Waals surface area contributed by atoms with Crippen LogP contribution in [-0.4, -0.2) is 38.7 Å². The number of hydrogen-bond acceptors (Lipinski definition) is 5. The van der Waals surface area contributed by atoms with Crippen LogP contribution in [-0.2, 0) is 9.53 Å². The molecule has 0 unspecified atom stereocenters. The Hall–Kier alpha value is -2.30. The summed E-state index contributed by atoms with van der Waals surface area (Å²) in [7, 11) is 5.09. The minimum absolute atomic E-state index is 0.173. The lowest BCUT2D eigenvalue weighted by Gasteiger charge is -2.19. The van der Waals surface area contributed by atoms with Crippen molar-refractivity contribution in [2.24, 2.45) is 0 Å². The minimum Gasteiger partial charge on any atom is -0.468 e. The van der Waals surface area contributed by atoms with Gasteiger partial charge in [-0.2, -0.15) is 0 Å². The summed E-state index contributed by atoms with van der Waals surface area (Å²) in [4.78, 5) is 17.5. The van der Waals surface area contributed by atoms with Crippen molar-refractivity contribution in [2.45, 2.75) is 0 Å². The Morgan fingerprint density at radius 3 is 2.84 bits per heavy atom. The predicted octanol–water partition coefficient (Wildman–Crippen LogP) is 1.89. The van der Waals surface area contributed by atoms with E-state index >= 15 is 0 Å². The normalized spacial score (nSPS) is 10.3. The highest BCUT2D eigenvalue weighted by molar-refractivity contribution is 6.00. The van der Waals surface area contributed by atoms with Gasteiger partial charge in [0.2, 0.25) is 0 Å². The third-order valence-electron chi connectivity index (χ3n) is 3.01. The first-order valence-corrected chi connectivity index (χ1v) is 6.00. The smallest absolute Gasteiger partial charge is 0.325 e. The third-order valence-corrected chi connectivity index (χ3v) is 3.01. The molecule has 0 aliphatic rings. The standard InChI is InChI=1S/C14H17N3O2/c1-15-12-6-4-5-11-10(12)7-8-16-14(11)17(2)9-13(18)19-3/h4-8,15H,9H2,1-3H3. The monoisotopic (exact) mass is 259 g/mol. The zero-order valence-corrected chi connectivity index (χ0v) is 11.3. The summed E-state index contributed by atoms with van der Waals surface area (Å²) >= 11 is 0. The van der Waals surface area contributed by atoms with E-state index in [9.17, 15) is 4.79 Å². The van der Waals surface area contributed by atoms with Gasteiger partial charge in [0.25, 0.3) is 0 Å². The van der Waals surface area contributed by atoms with Crippen LogP contribution in [0.25, 0.3) is 10.8 Å². The maximum Gasteiger partial charge on any atom is 0.325 e. The van der Waals surface area contributed by atoms with E-state index in [1.54, 1.807) is 11.1 Å². The minimum atomic E-state index is -0.286. The predicted molar refractivity (Wildman–Crippen MR) is 76.6 cm³/mol. The van der Waals surface area contributed by atoms with Crippen molar-refractivity contribution in [3.63, 3.8) is 0 Å². The van der Waals surface area contributed by atoms with Crippen molar-refractivity contribution in [1.29, 1.82) is 0 Å². The molecule has 1 N–H and O–H groups in total. The van der Waals surface area contributed by atoms with E-state index in [2.05, 4.69) is 15.0 Å². The molecule has 5 nitrogen and oxygen atoms in total. The topological polar surface area (TPSA) is 54.5 Å². The van der Waals surface area contributed by atoms with Crippen LogP contribution in [0.4, 0.5) is 11.5 Å². The number of likely N-dealkylation sites (N-methyl/N-ethyl adjacent to an activating group) is 1. The average Bonchev–Trinajstić information content (AvgIpc) is 2.45. The number of esters is 1. The number of aromatic nitrogens is 1. The van der Waals surface area contributed by atoms with E-state index in [0.717, 1.165) is 22.3 Å². The van der Waals surface area contributed by atoms with Crippen molar-refractivity contribution in [2.75, 3.05) is 38.0 Å². The zero-order valence-electron chi connectivity index (χ0n) is 11.3. The highest BCUT2D eigenvalue weighted by Crippen LogP contribution is 2.28. The second kappa shape index (κ2) is 5.56. The molecule has 0 saturated carbocycles. The molecule has 1 heterocycles. The number of nitrogens with zero attached hydrogens (tertiary/aromatic N) is 2. The number of ether oxygens (including phenoxy) is 1. The molecule has 1 aromatic heterocycles. The molecule has 100 valence electrons. The van der Waals surface area contributed by atoms with Crippen molar-refractivity contribution >= 4 is 28.2 Å². The molecule has 0 saturated heterocycles. The lowest BCUT2D eigenvalue weighted by molar-refractivity contribution is -0.138. The van der Waals surface area contributed by atoms with Gasteiger partial charge in [0.15, 0.2) is 0 Å². The number of anilines is 2. The van der Waals surface area contributed by atoms with Gasteiger partial charge in [0.1, 0.15) is 12.4 Å². The molecular weight excluding hydrogens is 242 g/mol. The molecular formula is C14H17N3O2. The van der Waals surface area contributed by atoms with E-state index in [-0.39, 0.29) is 12.5 Å². The summed E-state index contributed by atoms with van der Waals surface area (Å²) in [5.41, 5.74) is 1.03. The summed E-state index contributed by atoms with van der Waals surface area (Å²) in [6.07, 6.45) is 1.74. The van der Waals surface area contributed by atoms with Gasteiger partial charge in [-0.3, -0.25) is 4.79 Å². The summed E-state index contributed by atoms with van der Waals surface area (Å²) in [5, 5.41) is 5.23. The Morgan fingerprint density at radius 1 is 1.37 bits per heavy atom. The SMILES string of the molecule is CNc1cccc2c(N(C)CC(=O)OC)nccc12. The Kier molecular flexibility index (Phi) is 3.85. The van der Waals surface area contributed by atoms with Crippen LogP contribution in [0.1, 0.15) is 0 Å². The van der Waals surface area contributed by atoms with Gasteiger partial charge in [-0.05, 0) is 12.1 Å². The molecule has 2 aromatic rings. The van der Waals surface area contributed by atoms with E-state index < -0.39 is 0 Å². The average molecular weight is 259 g/mol. The Balaban J connectivity index is 2.46.